The van der Waals surface area contributed by atoms with Gasteiger partial charge in [-0.25, -0.2) is 0 Å². The van der Waals surface area contributed by atoms with E-state index in [1.807, 2.05) is 43.3 Å². The van der Waals surface area contributed by atoms with Crippen molar-refractivity contribution in [2.24, 2.45) is 11.8 Å². The van der Waals surface area contributed by atoms with Gasteiger partial charge in [-0.15, -0.1) is 0 Å². The van der Waals surface area contributed by atoms with Crippen molar-refractivity contribution < 1.29 is 9.59 Å². The first-order valence-corrected chi connectivity index (χ1v) is 9.28. The largest absolute Gasteiger partial charge is 0.355 e. The summed E-state index contributed by atoms with van der Waals surface area (Å²) in [7, 11) is 3.97. The molecule has 1 fully saturated rings. The maximum atomic E-state index is 12.3. The molecular weight excluding hydrogens is 338 g/mol. The molecule has 25 heavy (non-hydrogen) atoms. The number of halogens is 1. The summed E-state index contributed by atoms with van der Waals surface area (Å²) in [6, 6.07) is 7.52. The number of hydrogen-bond acceptors (Lipinski definition) is 3. The molecule has 0 bridgehead atoms. The number of likely N-dealkylation sites (N-methyl/N-ethyl adjacent to an activating group) is 1. The second-order valence-electron chi connectivity index (χ2n) is 6.95. The number of carbonyl (C=O) groups is 2. The maximum Gasteiger partial charge on any atom is 0.223 e. The molecule has 0 aliphatic heterocycles. The third kappa shape index (κ3) is 6.33. The first-order chi connectivity index (χ1) is 12.0. The van der Waals surface area contributed by atoms with E-state index in [0.29, 0.717) is 18.1 Å². The van der Waals surface area contributed by atoms with E-state index in [2.05, 4.69) is 10.6 Å². The summed E-state index contributed by atoms with van der Waals surface area (Å²) in [4.78, 5) is 26.5. The quantitative estimate of drug-likeness (QED) is 0.780. The van der Waals surface area contributed by atoms with Crippen molar-refractivity contribution in [2.45, 2.75) is 32.2 Å². The lowest BCUT2D eigenvalue weighted by atomic mass is 9.81. The highest BCUT2D eigenvalue weighted by Gasteiger charge is 2.29. The number of nitrogens with one attached hydrogen (secondary N) is 2. The number of hydrogen-bond donors (Lipinski definition) is 2. The van der Waals surface area contributed by atoms with Gasteiger partial charge in [-0.05, 0) is 51.4 Å². The van der Waals surface area contributed by atoms with E-state index in [-0.39, 0.29) is 23.7 Å². The summed E-state index contributed by atoms with van der Waals surface area (Å²) in [6.45, 7) is 1.96. The summed E-state index contributed by atoms with van der Waals surface area (Å²) < 4.78 is 0. The Balaban J connectivity index is 1.71. The van der Waals surface area contributed by atoms with Gasteiger partial charge < -0.3 is 15.5 Å². The molecule has 0 unspecified atom stereocenters. The lowest BCUT2D eigenvalue weighted by Crippen LogP contribution is -2.39. The number of nitrogens with zero attached hydrogens (tertiary/aromatic N) is 1. The second kappa shape index (κ2) is 9.78. The zero-order chi connectivity index (χ0) is 18.2. The van der Waals surface area contributed by atoms with Crippen LogP contribution in [0.1, 0.15) is 31.2 Å². The monoisotopic (exact) mass is 365 g/mol. The molecule has 138 valence electrons. The Labute approximate surface area is 155 Å². The molecule has 1 aliphatic rings. The molecule has 2 N–H and O–H groups in total. The lowest BCUT2D eigenvalue weighted by Gasteiger charge is -2.27. The topological polar surface area (TPSA) is 61.4 Å². The van der Waals surface area contributed by atoms with Crippen LogP contribution in [0.25, 0.3) is 0 Å². The molecule has 1 saturated carbocycles. The van der Waals surface area contributed by atoms with Crippen LogP contribution in [0, 0.1) is 11.8 Å². The van der Waals surface area contributed by atoms with Gasteiger partial charge in [-0.3, -0.25) is 9.59 Å². The predicted octanol–water partition coefficient (Wildman–Crippen LogP) is 2.44. The molecule has 0 heterocycles. The molecule has 0 spiro atoms. The summed E-state index contributed by atoms with van der Waals surface area (Å²) in [5, 5.41) is 6.62. The standard InChI is InChI=1S/C19H28ClN3O2/c1-23(2)12-11-21-18(24)14-7-9-15(10-8-14)19(25)22-13-16-5-3-4-6-17(16)20/h3-6,14-15H,7-13H2,1-2H3,(H,21,24)(H,22,25). The van der Waals surface area contributed by atoms with E-state index in [0.717, 1.165) is 37.8 Å². The SMILES string of the molecule is CN(C)CCNC(=O)C1CCC(C(=O)NCc2ccccc2Cl)CC1. The smallest absolute Gasteiger partial charge is 0.223 e. The Bertz CT molecular complexity index is 584. The Morgan fingerprint density at radius 2 is 1.60 bits per heavy atom. The number of carbonyl (C=O) groups excluding carboxylic acids is 2. The van der Waals surface area contributed by atoms with Gasteiger partial charge in [0.25, 0.3) is 0 Å². The van der Waals surface area contributed by atoms with Gasteiger partial charge >= 0.3 is 0 Å². The predicted molar refractivity (Wildman–Crippen MR) is 100 cm³/mol. The zero-order valence-electron chi connectivity index (χ0n) is 15.1. The minimum atomic E-state index is -0.00619. The Morgan fingerprint density at radius 3 is 2.16 bits per heavy atom. The highest BCUT2D eigenvalue weighted by molar-refractivity contribution is 6.31. The van der Waals surface area contributed by atoms with Gasteiger partial charge in [0.2, 0.25) is 11.8 Å². The highest BCUT2D eigenvalue weighted by Crippen LogP contribution is 2.29. The van der Waals surface area contributed by atoms with Crippen LogP contribution in [0.4, 0.5) is 0 Å². The van der Waals surface area contributed by atoms with E-state index >= 15 is 0 Å². The summed E-state index contributed by atoms with van der Waals surface area (Å²) in [6.07, 6.45) is 3.08. The fourth-order valence-electron chi connectivity index (χ4n) is 3.13. The third-order valence-corrected chi connectivity index (χ3v) is 5.11. The normalized spacial score (nSPS) is 20.3. The Morgan fingerprint density at radius 1 is 1.04 bits per heavy atom. The van der Waals surface area contributed by atoms with Crippen molar-refractivity contribution in [2.75, 3.05) is 27.2 Å². The van der Waals surface area contributed by atoms with Crippen LogP contribution in [0.2, 0.25) is 5.02 Å². The van der Waals surface area contributed by atoms with Gasteiger partial charge in [0.15, 0.2) is 0 Å². The molecule has 1 aromatic rings. The fraction of sp³-hybridized carbons (Fsp3) is 0.579. The van der Waals surface area contributed by atoms with Gasteiger partial charge in [0, 0.05) is 36.5 Å². The third-order valence-electron chi connectivity index (χ3n) is 4.74. The van der Waals surface area contributed by atoms with Crippen LogP contribution < -0.4 is 10.6 Å². The molecule has 6 heteroatoms. The molecule has 0 atom stereocenters. The van der Waals surface area contributed by atoms with Crippen molar-refractivity contribution >= 4 is 23.4 Å². The molecule has 0 radical (unpaired) electrons. The van der Waals surface area contributed by atoms with E-state index in [4.69, 9.17) is 11.6 Å². The maximum absolute atomic E-state index is 12.3. The van der Waals surface area contributed by atoms with Crippen LogP contribution in [-0.2, 0) is 16.1 Å². The molecular formula is C19H28ClN3O2. The molecule has 5 nitrogen and oxygen atoms in total. The first kappa shape index (κ1) is 19.7. The summed E-state index contributed by atoms with van der Waals surface area (Å²) in [5.41, 5.74) is 0.923. The fourth-order valence-corrected chi connectivity index (χ4v) is 3.34. The van der Waals surface area contributed by atoms with Crippen molar-refractivity contribution in [3.8, 4) is 0 Å². The molecule has 1 aromatic carbocycles. The van der Waals surface area contributed by atoms with E-state index in [1.165, 1.54) is 0 Å². The average Bonchev–Trinajstić information content (AvgIpc) is 2.60. The number of rotatable bonds is 7. The first-order valence-electron chi connectivity index (χ1n) is 8.91. The molecule has 0 aromatic heterocycles. The van der Waals surface area contributed by atoms with Crippen LogP contribution in [0.5, 0.6) is 0 Å². The highest BCUT2D eigenvalue weighted by atomic mass is 35.5. The number of benzene rings is 1. The summed E-state index contributed by atoms with van der Waals surface area (Å²) in [5.74, 6) is 0.214. The van der Waals surface area contributed by atoms with E-state index in [1.54, 1.807) is 0 Å². The second-order valence-corrected chi connectivity index (χ2v) is 7.36. The van der Waals surface area contributed by atoms with Crippen LogP contribution in [-0.4, -0.2) is 43.9 Å². The van der Waals surface area contributed by atoms with Crippen molar-refractivity contribution in [1.29, 1.82) is 0 Å². The van der Waals surface area contributed by atoms with Crippen LogP contribution >= 0.6 is 11.6 Å². The average molecular weight is 366 g/mol. The van der Waals surface area contributed by atoms with E-state index in [9.17, 15) is 9.59 Å². The number of amides is 2. The Hall–Kier alpha value is -1.59. The Kier molecular flexibility index (Phi) is 7.72. The van der Waals surface area contributed by atoms with E-state index < -0.39 is 0 Å². The molecule has 2 rings (SSSR count). The van der Waals surface area contributed by atoms with Gasteiger partial charge in [-0.1, -0.05) is 29.8 Å². The van der Waals surface area contributed by atoms with Gasteiger partial charge in [0.05, 0.1) is 0 Å². The molecule has 2 amide bonds. The van der Waals surface area contributed by atoms with Crippen molar-refractivity contribution in [3.05, 3.63) is 34.9 Å². The zero-order valence-corrected chi connectivity index (χ0v) is 15.8. The minimum Gasteiger partial charge on any atom is -0.355 e. The van der Waals surface area contributed by atoms with Gasteiger partial charge in [-0.2, -0.15) is 0 Å². The van der Waals surface area contributed by atoms with Crippen molar-refractivity contribution in [1.82, 2.24) is 15.5 Å². The van der Waals surface area contributed by atoms with Crippen LogP contribution in [0.3, 0.4) is 0 Å². The van der Waals surface area contributed by atoms with Gasteiger partial charge in [0.1, 0.15) is 0 Å². The van der Waals surface area contributed by atoms with Crippen molar-refractivity contribution in [3.63, 3.8) is 0 Å². The molecule has 0 saturated heterocycles. The lowest BCUT2D eigenvalue weighted by molar-refractivity contribution is -0.130. The summed E-state index contributed by atoms with van der Waals surface area (Å²) >= 11 is 6.11. The minimum absolute atomic E-state index is 0.00619. The van der Waals surface area contributed by atoms with Crippen LogP contribution in [0.15, 0.2) is 24.3 Å². The molecule has 1 aliphatic carbocycles.